The topological polar surface area (TPSA) is 68.2 Å². The molecular formula is C23H18O5. The Hall–Kier alpha value is -3.28. The molecule has 0 bridgehead atoms. The number of aliphatic hydroxyl groups excluding tert-OH is 1. The standard InChI is InChI=1S/C23H18O5/c24-10-3-11-26-17-7-9-20-22(13-17)28-21-12-16(25)6-8-19(21)23(20)18-5-2-1-4-15(18)14-27-23/h1-9,11-13,24-25H,10,14H2/b11-3+/t23-/m0/s1. The Morgan fingerprint density at radius 2 is 1.75 bits per heavy atom. The maximum Gasteiger partial charge on any atom is 0.151 e. The summed E-state index contributed by atoms with van der Waals surface area (Å²) in [7, 11) is 0. The number of aromatic hydroxyl groups is 1. The van der Waals surface area contributed by atoms with Crippen molar-refractivity contribution < 1.29 is 24.4 Å². The Bertz CT molecular complexity index is 1090. The van der Waals surface area contributed by atoms with Gasteiger partial charge in [0.15, 0.2) is 5.60 Å². The summed E-state index contributed by atoms with van der Waals surface area (Å²) in [6, 6.07) is 18.8. The van der Waals surface area contributed by atoms with Crippen LogP contribution in [0.1, 0.15) is 22.3 Å². The third kappa shape index (κ3) is 2.41. The Morgan fingerprint density at radius 3 is 2.61 bits per heavy atom. The largest absolute Gasteiger partial charge is 0.508 e. The minimum atomic E-state index is -0.799. The van der Waals surface area contributed by atoms with Crippen molar-refractivity contribution >= 4 is 0 Å². The number of phenols is 1. The lowest BCUT2D eigenvalue weighted by molar-refractivity contribution is 0.0198. The van der Waals surface area contributed by atoms with Crippen LogP contribution in [0.25, 0.3) is 0 Å². The molecule has 2 heterocycles. The molecule has 3 aromatic rings. The number of fused-ring (bicyclic) bond motifs is 6. The number of phenolic OH excluding ortho intramolecular Hbond substituents is 1. The molecule has 28 heavy (non-hydrogen) atoms. The van der Waals surface area contributed by atoms with Crippen LogP contribution in [0.5, 0.6) is 23.0 Å². The third-order valence-electron chi connectivity index (χ3n) is 5.14. The molecule has 140 valence electrons. The molecule has 1 atom stereocenters. The number of aliphatic hydroxyl groups is 1. The van der Waals surface area contributed by atoms with Crippen LogP contribution in [0.2, 0.25) is 0 Å². The lowest BCUT2D eigenvalue weighted by Crippen LogP contribution is -2.32. The second kappa shape index (κ2) is 6.41. The first-order chi connectivity index (χ1) is 13.7. The van der Waals surface area contributed by atoms with Gasteiger partial charge in [0.2, 0.25) is 0 Å². The Labute approximate surface area is 162 Å². The van der Waals surface area contributed by atoms with E-state index in [2.05, 4.69) is 12.1 Å². The summed E-state index contributed by atoms with van der Waals surface area (Å²) < 4.78 is 18.1. The van der Waals surface area contributed by atoms with Crippen molar-refractivity contribution in [2.24, 2.45) is 0 Å². The van der Waals surface area contributed by atoms with Crippen LogP contribution in [-0.4, -0.2) is 16.8 Å². The molecule has 1 spiro atoms. The first kappa shape index (κ1) is 16.9. The maximum atomic E-state index is 9.98. The molecule has 5 rings (SSSR count). The van der Waals surface area contributed by atoms with Gasteiger partial charge in [0.25, 0.3) is 0 Å². The third-order valence-corrected chi connectivity index (χ3v) is 5.14. The number of benzene rings is 3. The molecule has 0 fully saturated rings. The van der Waals surface area contributed by atoms with Gasteiger partial charge in [-0.2, -0.15) is 0 Å². The summed E-state index contributed by atoms with van der Waals surface area (Å²) in [6.45, 7) is 0.398. The SMILES string of the molecule is OC/C=C/Oc1ccc2c(c1)Oc1cc(O)ccc1[C@]21OCc2ccccc21. The zero-order chi connectivity index (χ0) is 19.1. The summed E-state index contributed by atoms with van der Waals surface area (Å²) in [4.78, 5) is 0. The highest BCUT2D eigenvalue weighted by Crippen LogP contribution is 2.56. The molecule has 0 aliphatic carbocycles. The summed E-state index contributed by atoms with van der Waals surface area (Å²) in [5, 5.41) is 18.9. The monoisotopic (exact) mass is 374 g/mol. The summed E-state index contributed by atoms with van der Waals surface area (Å²) in [5.41, 5.74) is 3.14. The van der Waals surface area contributed by atoms with Gasteiger partial charge in [-0.1, -0.05) is 24.3 Å². The Kier molecular flexibility index (Phi) is 3.86. The number of hydrogen-bond acceptors (Lipinski definition) is 5. The van der Waals surface area contributed by atoms with Gasteiger partial charge in [-0.15, -0.1) is 0 Å². The molecule has 2 aliphatic heterocycles. The van der Waals surface area contributed by atoms with E-state index < -0.39 is 5.60 Å². The summed E-state index contributed by atoms with van der Waals surface area (Å²) in [5.74, 6) is 1.85. The molecule has 0 radical (unpaired) electrons. The molecular weight excluding hydrogens is 356 g/mol. The van der Waals surface area contributed by atoms with Crippen LogP contribution in [-0.2, 0) is 16.9 Å². The van der Waals surface area contributed by atoms with Crippen LogP contribution < -0.4 is 9.47 Å². The summed E-state index contributed by atoms with van der Waals surface area (Å²) in [6.07, 6.45) is 2.94. The molecule has 0 unspecified atom stereocenters. The van der Waals surface area contributed by atoms with Crippen LogP contribution >= 0.6 is 0 Å². The van der Waals surface area contributed by atoms with E-state index in [9.17, 15) is 5.11 Å². The fourth-order valence-corrected chi connectivity index (χ4v) is 3.97. The van der Waals surface area contributed by atoms with Gasteiger partial charge in [-0.3, -0.25) is 0 Å². The lowest BCUT2D eigenvalue weighted by Gasteiger charge is -2.37. The van der Waals surface area contributed by atoms with Crippen molar-refractivity contribution in [2.75, 3.05) is 6.61 Å². The van der Waals surface area contributed by atoms with E-state index in [0.29, 0.717) is 23.9 Å². The maximum absolute atomic E-state index is 9.98. The highest BCUT2D eigenvalue weighted by Gasteiger charge is 2.49. The predicted molar refractivity (Wildman–Crippen MR) is 103 cm³/mol. The van der Waals surface area contributed by atoms with Crippen molar-refractivity contribution in [3.63, 3.8) is 0 Å². The van der Waals surface area contributed by atoms with Crippen molar-refractivity contribution in [1.82, 2.24) is 0 Å². The molecule has 5 nitrogen and oxygen atoms in total. The highest BCUT2D eigenvalue weighted by atomic mass is 16.5. The van der Waals surface area contributed by atoms with Crippen molar-refractivity contribution in [1.29, 1.82) is 0 Å². The molecule has 3 aromatic carbocycles. The van der Waals surface area contributed by atoms with Gasteiger partial charge in [0, 0.05) is 23.3 Å². The van der Waals surface area contributed by atoms with Gasteiger partial charge < -0.3 is 24.4 Å². The molecule has 2 N–H and O–H groups in total. The lowest BCUT2D eigenvalue weighted by atomic mass is 9.77. The predicted octanol–water partition coefficient (Wildman–Crippen LogP) is 4.20. The minimum Gasteiger partial charge on any atom is -0.508 e. The van der Waals surface area contributed by atoms with Gasteiger partial charge in [0.1, 0.15) is 23.0 Å². The fourth-order valence-electron chi connectivity index (χ4n) is 3.97. The van der Waals surface area contributed by atoms with E-state index >= 15 is 0 Å². The van der Waals surface area contributed by atoms with Crippen LogP contribution in [0.3, 0.4) is 0 Å². The highest BCUT2D eigenvalue weighted by molar-refractivity contribution is 5.65. The van der Waals surface area contributed by atoms with E-state index in [0.717, 1.165) is 22.3 Å². The Balaban J connectivity index is 1.72. The van der Waals surface area contributed by atoms with Gasteiger partial charge in [-0.25, -0.2) is 0 Å². The molecule has 2 aliphatic rings. The summed E-state index contributed by atoms with van der Waals surface area (Å²) >= 11 is 0. The van der Waals surface area contributed by atoms with E-state index in [-0.39, 0.29) is 12.4 Å². The first-order valence-electron chi connectivity index (χ1n) is 9.03. The number of ether oxygens (including phenoxy) is 3. The van der Waals surface area contributed by atoms with Crippen LogP contribution in [0.4, 0.5) is 0 Å². The van der Waals surface area contributed by atoms with E-state index in [1.54, 1.807) is 18.2 Å². The second-order valence-electron chi connectivity index (χ2n) is 6.74. The fraction of sp³-hybridized carbons (Fsp3) is 0.130. The minimum absolute atomic E-state index is 0.0954. The van der Waals surface area contributed by atoms with E-state index in [1.165, 1.54) is 12.3 Å². The average molecular weight is 374 g/mol. The average Bonchev–Trinajstić information content (AvgIpc) is 3.08. The smallest absolute Gasteiger partial charge is 0.151 e. The van der Waals surface area contributed by atoms with Crippen molar-refractivity contribution in [3.05, 3.63) is 95.3 Å². The van der Waals surface area contributed by atoms with Gasteiger partial charge in [0.05, 0.1) is 19.5 Å². The number of rotatable bonds is 3. The molecule has 5 heteroatoms. The zero-order valence-corrected chi connectivity index (χ0v) is 15.0. The van der Waals surface area contributed by atoms with Crippen LogP contribution in [0.15, 0.2) is 73.0 Å². The molecule has 0 aromatic heterocycles. The van der Waals surface area contributed by atoms with Crippen molar-refractivity contribution in [2.45, 2.75) is 12.2 Å². The van der Waals surface area contributed by atoms with E-state index in [1.807, 2.05) is 30.3 Å². The van der Waals surface area contributed by atoms with Gasteiger partial charge >= 0.3 is 0 Å². The van der Waals surface area contributed by atoms with E-state index in [4.69, 9.17) is 19.3 Å². The second-order valence-corrected chi connectivity index (χ2v) is 6.74. The molecule has 0 amide bonds. The van der Waals surface area contributed by atoms with Gasteiger partial charge in [-0.05, 0) is 41.5 Å². The molecule has 0 saturated carbocycles. The van der Waals surface area contributed by atoms with Crippen molar-refractivity contribution in [3.8, 4) is 23.0 Å². The van der Waals surface area contributed by atoms with Crippen LogP contribution in [0, 0.1) is 0 Å². The normalized spacial score (nSPS) is 19.2. The molecule has 0 saturated heterocycles. The first-order valence-corrected chi connectivity index (χ1v) is 9.03. The Morgan fingerprint density at radius 1 is 0.964 bits per heavy atom. The number of hydrogen-bond donors (Lipinski definition) is 2. The quantitative estimate of drug-likeness (QED) is 0.673. The zero-order valence-electron chi connectivity index (χ0n) is 15.0.